The van der Waals surface area contributed by atoms with Gasteiger partial charge in [0.1, 0.15) is 5.76 Å². The molecule has 1 amide bonds. The molecule has 0 radical (unpaired) electrons. The van der Waals surface area contributed by atoms with Gasteiger partial charge in [-0.25, -0.2) is 0 Å². The lowest BCUT2D eigenvalue weighted by Crippen LogP contribution is -2.36. The van der Waals surface area contributed by atoms with Crippen molar-refractivity contribution in [3.8, 4) is 0 Å². The van der Waals surface area contributed by atoms with Crippen molar-refractivity contribution < 1.29 is 14.3 Å². The van der Waals surface area contributed by atoms with Gasteiger partial charge in [0.15, 0.2) is 5.76 Å². The molecule has 7 nitrogen and oxygen atoms in total. The van der Waals surface area contributed by atoms with Gasteiger partial charge in [0.2, 0.25) is 0 Å². The summed E-state index contributed by atoms with van der Waals surface area (Å²) in [6, 6.07) is 3.76. The molecule has 0 unspecified atom stereocenters. The first-order valence-electron chi connectivity index (χ1n) is 10.0. The fraction of sp³-hybridized carbons (Fsp3) is 0.619. The highest BCUT2D eigenvalue weighted by Gasteiger charge is 2.42. The molecule has 0 spiro atoms. The van der Waals surface area contributed by atoms with Crippen LogP contribution in [0.25, 0.3) is 0 Å². The van der Waals surface area contributed by atoms with Crippen LogP contribution in [0.1, 0.15) is 61.5 Å². The number of nitrogens with zero attached hydrogens (tertiary/aromatic N) is 3. The molecule has 1 aliphatic carbocycles. The van der Waals surface area contributed by atoms with Crippen LogP contribution in [-0.4, -0.2) is 44.9 Å². The number of aliphatic hydroxyl groups is 1. The van der Waals surface area contributed by atoms with Crippen LogP contribution in [-0.2, 0) is 12.0 Å². The van der Waals surface area contributed by atoms with Crippen LogP contribution in [0, 0.1) is 11.8 Å². The monoisotopic (exact) mass is 386 g/mol. The van der Waals surface area contributed by atoms with E-state index < -0.39 is 5.91 Å². The number of fused-ring (bicyclic) bond motifs is 1. The normalized spacial score (nSPS) is 28.4. The summed E-state index contributed by atoms with van der Waals surface area (Å²) in [6.07, 6.45) is 5.09. The van der Waals surface area contributed by atoms with Crippen LogP contribution < -0.4 is 5.73 Å². The van der Waals surface area contributed by atoms with E-state index >= 15 is 0 Å². The van der Waals surface area contributed by atoms with E-state index in [1.165, 1.54) is 0 Å². The summed E-state index contributed by atoms with van der Waals surface area (Å²) in [5.41, 5.74) is 6.27. The lowest BCUT2D eigenvalue weighted by Gasteiger charge is -2.35. The van der Waals surface area contributed by atoms with Crippen molar-refractivity contribution in [3.63, 3.8) is 0 Å². The van der Waals surface area contributed by atoms with E-state index in [0.717, 1.165) is 43.8 Å². The topological polar surface area (TPSA) is 97.5 Å². The molecule has 1 saturated carbocycles. The van der Waals surface area contributed by atoms with Crippen LogP contribution in [0.15, 0.2) is 28.9 Å². The number of likely N-dealkylation sites (tertiary alicyclic amines) is 1. The Kier molecular flexibility index (Phi) is 4.83. The smallest absolute Gasteiger partial charge is 0.284 e. The zero-order valence-electron chi connectivity index (χ0n) is 16.8. The van der Waals surface area contributed by atoms with E-state index in [2.05, 4.69) is 30.8 Å². The third-order valence-corrected chi connectivity index (χ3v) is 6.18. The summed E-state index contributed by atoms with van der Waals surface area (Å²) in [5, 5.41) is 15.0. The molecule has 0 bridgehead atoms. The van der Waals surface area contributed by atoms with Gasteiger partial charge in [-0.15, -0.1) is 0 Å². The lowest BCUT2D eigenvalue weighted by atomic mass is 9.77. The van der Waals surface area contributed by atoms with E-state index in [-0.39, 0.29) is 23.3 Å². The quantitative estimate of drug-likeness (QED) is 0.840. The van der Waals surface area contributed by atoms with Gasteiger partial charge in [0.25, 0.3) is 5.91 Å². The van der Waals surface area contributed by atoms with E-state index in [4.69, 9.17) is 10.2 Å². The Morgan fingerprint density at radius 2 is 2.04 bits per heavy atom. The first-order valence-corrected chi connectivity index (χ1v) is 10.0. The number of aromatic nitrogens is 2. The minimum atomic E-state index is -0.531. The fourth-order valence-electron chi connectivity index (χ4n) is 4.94. The summed E-state index contributed by atoms with van der Waals surface area (Å²) < 4.78 is 7.70. The van der Waals surface area contributed by atoms with Gasteiger partial charge in [-0.2, -0.15) is 5.10 Å². The number of rotatable bonds is 4. The Labute approximate surface area is 165 Å². The summed E-state index contributed by atoms with van der Waals surface area (Å²) >= 11 is 0. The Hall–Kier alpha value is -2.12. The van der Waals surface area contributed by atoms with Crippen molar-refractivity contribution in [1.82, 2.24) is 14.7 Å². The van der Waals surface area contributed by atoms with Gasteiger partial charge >= 0.3 is 0 Å². The minimum absolute atomic E-state index is 0.0525. The highest BCUT2D eigenvalue weighted by molar-refractivity contribution is 5.90. The van der Waals surface area contributed by atoms with Gasteiger partial charge < -0.3 is 15.3 Å². The predicted molar refractivity (Wildman–Crippen MR) is 105 cm³/mol. The summed E-state index contributed by atoms with van der Waals surface area (Å²) in [5.74, 6) is 1.55. The molecule has 3 heterocycles. The van der Waals surface area contributed by atoms with E-state index in [1.54, 1.807) is 12.3 Å². The van der Waals surface area contributed by atoms with Crippen molar-refractivity contribution >= 4 is 5.91 Å². The standard InChI is InChI=1S/C21H30N4O3/c1-21(2,3)19-15(9-18(28-19)20(22)27)12-24-10-13-7-16(25-6-4-5-23-25)17(26)8-14(13)11-24/h4-6,9,13-14,16-17,26H,7-8,10-12H2,1-3H3,(H2,22,27)/t13-,14+,16-,17-/m1/s1. The van der Waals surface area contributed by atoms with Gasteiger partial charge in [0, 0.05) is 43.0 Å². The van der Waals surface area contributed by atoms with Crippen molar-refractivity contribution in [2.24, 2.45) is 17.6 Å². The van der Waals surface area contributed by atoms with E-state index in [1.807, 2.05) is 16.9 Å². The first-order chi connectivity index (χ1) is 13.2. The molecular weight excluding hydrogens is 356 g/mol. The minimum Gasteiger partial charge on any atom is -0.455 e. The average molecular weight is 386 g/mol. The second-order valence-electron chi connectivity index (χ2n) is 9.39. The number of aliphatic hydroxyl groups excluding tert-OH is 1. The maximum Gasteiger partial charge on any atom is 0.284 e. The van der Waals surface area contributed by atoms with Crippen molar-refractivity contribution in [2.45, 2.75) is 57.7 Å². The third-order valence-electron chi connectivity index (χ3n) is 6.18. The fourth-order valence-corrected chi connectivity index (χ4v) is 4.94. The Balaban J connectivity index is 1.49. The van der Waals surface area contributed by atoms with Gasteiger partial charge in [-0.3, -0.25) is 14.4 Å². The molecule has 0 aromatic carbocycles. The Bertz CT molecular complexity index is 836. The summed E-state index contributed by atoms with van der Waals surface area (Å²) in [6.45, 7) is 8.90. The number of hydrogen-bond donors (Lipinski definition) is 2. The number of primary amides is 1. The van der Waals surface area contributed by atoms with Crippen molar-refractivity contribution in [1.29, 1.82) is 0 Å². The van der Waals surface area contributed by atoms with Gasteiger partial charge in [0.05, 0.1) is 12.1 Å². The largest absolute Gasteiger partial charge is 0.455 e. The predicted octanol–water partition coefficient (Wildman–Crippen LogP) is 2.32. The molecule has 3 N–H and O–H groups in total. The lowest BCUT2D eigenvalue weighted by molar-refractivity contribution is 0.0306. The molecule has 2 aromatic rings. The number of hydrogen-bond acceptors (Lipinski definition) is 5. The Morgan fingerprint density at radius 3 is 2.64 bits per heavy atom. The van der Waals surface area contributed by atoms with Crippen LogP contribution in [0.4, 0.5) is 0 Å². The third kappa shape index (κ3) is 3.61. The molecular formula is C21H30N4O3. The highest BCUT2D eigenvalue weighted by atomic mass is 16.4. The van der Waals surface area contributed by atoms with Crippen molar-refractivity contribution in [2.75, 3.05) is 13.1 Å². The molecule has 1 saturated heterocycles. The number of carbonyl (C=O) groups is 1. The number of amides is 1. The molecule has 4 atom stereocenters. The zero-order valence-corrected chi connectivity index (χ0v) is 16.8. The van der Waals surface area contributed by atoms with Crippen LogP contribution in [0.5, 0.6) is 0 Å². The number of carbonyl (C=O) groups excluding carboxylic acids is 1. The average Bonchev–Trinajstić information content (AvgIpc) is 3.31. The van der Waals surface area contributed by atoms with E-state index in [9.17, 15) is 9.90 Å². The first kappa shape index (κ1) is 19.2. The van der Waals surface area contributed by atoms with Crippen LogP contribution in [0.3, 0.4) is 0 Å². The molecule has 152 valence electrons. The molecule has 7 heteroatoms. The summed E-state index contributed by atoms with van der Waals surface area (Å²) in [7, 11) is 0. The molecule has 1 aliphatic heterocycles. The van der Waals surface area contributed by atoms with Gasteiger partial charge in [-0.1, -0.05) is 20.8 Å². The van der Waals surface area contributed by atoms with Crippen molar-refractivity contribution in [3.05, 3.63) is 41.6 Å². The molecule has 2 aliphatic rings. The maximum absolute atomic E-state index is 11.6. The molecule has 2 aromatic heterocycles. The molecule has 28 heavy (non-hydrogen) atoms. The Morgan fingerprint density at radius 1 is 1.32 bits per heavy atom. The maximum atomic E-state index is 11.6. The number of furan rings is 1. The van der Waals surface area contributed by atoms with Crippen LogP contribution >= 0.6 is 0 Å². The van der Waals surface area contributed by atoms with E-state index in [0.29, 0.717) is 11.8 Å². The second kappa shape index (κ2) is 7.04. The number of nitrogens with two attached hydrogens (primary N) is 1. The van der Waals surface area contributed by atoms with Crippen LogP contribution in [0.2, 0.25) is 0 Å². The molecule has 4 rings (SSSR count). The second-order valence-corrected chi connectivity index (χ2v) is 9.39. The summed E-state index contributed by atoms with van der Waals surface area (Å²) in [4.78, 5) is 14.0. The highest BCUT2D eigenvalue weighted by Crippen LogP contribution is 2.42. The molecule has 2 fully saturated rings. The zero-order chi connectivity index (χ0) is 20.1. The van der Waals surface area contributed by atoms with Gasteiger partial charge in [-0.05, 0) is 36.8 Å². The SMILES string of the molecule is CC(C)(C)c1oc(C(N)=O)cc1CN1C[C@H]2C[C@@H](n3cccn3)[C@H](O)C[C@H]2C1.